The minimum atomic E-state index is 0.305. The molecule has 0 N–H and O–H groups in total. The summed E-state index contributed by atoms with van der Waals surface area (Å²) in [5.41, 5.74) is 1.10. The maximum Gasteiger partial charge on any atom is 0.222 e. The second kappa shape index (κ2) is 6.48. The summed E-state index contributed by atoms with van der Waals surface area (Å²) in [6.45, 7) is 10.8. The summed E-state index contributed by atoms with van der Waals surface area (Å²) in [7, 11) is 0. The highest BCUT2D eigenvalue weighted by Crippen LogP contribution is 2.14. The Kier molecular flexibility index (Phi) is 4.93. The number of aryl methyl sites for hydroxylation is 1. The molecule has 1 aliphatic rings. The Morgan fingerprint density at radius 3 is 2.58 bits per heavy atom. The first kappa shape index (κ1) is 14.5. The standard InChI is InChI=1S/C14H23N3OS/c1-11(2)8-14(18)17-6-4-16(5-7-17)9-13-15-12(3)10-19-13/h10-11H,4-9H2,1-3H3. The Morgan fingerprint density at radius 1 is 1.37 bits per heavy atom. The van der Waals surface area contributed by atoms with Crippen molar-refractivity contribution >= 4 is 17.2 Å². The lowest BCUT2D eigenvalue weighted by Crippen LogP contribution is -2.48. The molecule has 0 saturated carbocycles. The average Bonchev–Trinajstić information content (AvgIpc) is 2.75. The van der Waals surface area contributed by atoms with Gasteiger partial charge >= 0.3 is 0 Å². The van der Waals surface area contributed by atoms with Gasteiger partial charge in [0.25, 0.3) is 0 Å². The minimum absolute atomic E-state index is 0.305. The molecule has 1 amide bonds. The van der Waals surface area contributed by atoms with Crippen LogP contribution in [-0.2, 0) is 11.3 Å². The number of aromatic nitrogens is 1. The number of nitrogens with zero attached hydrogens (tertiary/aromatic N) is 3. The molecule has 1 fully saturated rings. The highest BCUT2D eigenvalue weighted by atomic mass is 32.1. The zero-order valence-electron chi connectivity index (χ0n) is 12.1. The fourth-order valence-corrected chi connectivity index (χ4v) is 3.11. The third-order valence-electron chi connectivity index (χ3n) is 3.33. The topological polar surface area (TPSA) is 36.4 Å². The van der Waals surface area contributed by atoms with E-state index in [0.29, 0.717) is 18.2 Å². The van der Waals surface area contributed by atoms with Crippen LogP contribution in [-0.4, -0.2) is 46.9 Å². The molecule has 4 nitrogen and oxygen atoms in total. The van der Waals surface area contributed by atoms with Crippen molar-refractivity contribution in [1.82, 2.24) is 14.8 Å². The van der Waals surface area contributed by atoms with Crippen LogP contribution in [0.1, 0.15) is 31.0 Å². The van der Waals surface area contributed by atoms with Crippen molar-refractivity contribution in [2.24, 2.45) is 5.92 Å². The zero-order valence-corrected chi connectivity index (χ0v) is 12.9. The van der Waals surface area contributed by atoms with Gasteiger partial charge in [0, 0.05) is 43.7 Å². The van der Waals surface area contributed by atoms with E-state index in [1.54, 1.807) is 11.3 Å². The minimum Gasteiger partial charge on any atom is -0.340 e. The van der Waals surface area contributed by atoms with Crippen LogP contribution >= 0.6 is 11.3 Å². The molecule has 1 saturated heterocycles. The Labute approximate surface area is 119 Å². The second-order valence-corrected chi connectivity index (χ2v) is 6.58. The molecule has 0 unspecified atom stereocenters. The Morgan fingerprint density at radius 2 is 2.05 bits per heavy atom. The summed E-state index contributed by atoms with van der Waals surface area (Å²) < 4.78 is 0. The molecular formula is C14H23N3OS. The SMILES string of the molecule is Cc1csc(CN2CCN(C(=O)CC(C)C)CC2)n1. The van der Waals surface area contributed by atoms with Gasteiger partial charge in [0.2, 0.25) is 5.91 Å². The van der Waals surface area contributed by atoms with Gasteiger partial charge in [0.1, 0.15) is 5.01 Å². The normalized spacial score (nSPS) is 17.2. The molecule has 1 aromatic heterocycles. The summed E-state index contributed by atoms with van der Waals surface area (Å²) in [6.07, 6.45) is 0.672. The van der Waals surface area contributed by atoms with Gasteiger partial charge in [-0.2, -0.15) is 0 Å². The number of hydrogen-bond donors (Lipinski definition) is 0. The highest BCUT2D eigenvalue weighted by Gasteiger charge is 2.21. The highest BCUT2D eigenvalue weighted by molar-refractivity contribution is 7.09. The van der Waals surface area contributed by atoms with Crippen molar-refractivity contribution in [2.45, 2.75) is 33.7 Å². The van der Waals surface area contributed by atoms with E-state index < -0.39 is 0 Å². The van der Waals surface area contributed by atoms with E-state index in [2.05, 4.69) is 29.1 Å². The smallest absolute Gasteiger partial charge is 0.222 e. The number of carbonyl (C=O) groups excluding carboxylic acids is 1. The molecule has 0 aromatic carbocycles. The Balaban J connectivity index is 1.77. The maximum absolute atomic E-state index is 12.0. The largest absolute Gasteiger partial charge is 0.340 e. The molecule has 0 radical (unpaired) electrons. The molecule has 106 valence electrons. The first-order valence-electron chi connectivity index (χ1n) is 6.95. The zero-order chi connectivity index (χ0) is 13.8. The van der Waals surface area contributed by atoms with E-state index in [0.717, 1.165) is 38.4 Å². The summed E-state index contributed by atoms with van der Waals surface area (Å²) in [5.74, 6) is 0.753. The fourth-order valence-electron chi connectivity index (χ4n) is 2.30. The Bertz CT molecular complexity index is 422. The van der Waals surface area contributed by atoms with E-state index in [4.69, 9.17) is 0 Å². The van der Waals surface area contributed by atoms with Crippen molar-refractivity contribution in [3.63, 3.8) is 0 Å². The lowest BCUT2D eigenvalue weighted by atomic mass is 10.1. The number of thiazole rings is 1. The molecule has 1 aromatic rings. The average molecular weight is 281 g/mol. The third-order valence-corrected chi connectivity index (χ3v) is 4.28. The summed E-state index contributed by atoms with van der Waals surface area (Å²) in [4.78, 5) is 20.9. The van der Waals surface area contributed by atoms with Crippen LogP contribution in [0.25, 0.3) is 0 Å². The van der Waals surface area contributed by atoms with Crippen LogP contribution in [0, 0.1) is 12.8 Å². The van der Waals surface area contributed by atoms with Gasteiger partial charge in [-0.3, -0.25) is 9.69 Å². The summed E-state index contributed by atoms with van der Waals surface area (Å²) >= 11 is 1.73. The van der Waals surface area contributed by atoms with Gasteiger partial charge < -0.3 is 4.90 Å². The number of carbonyl (C=O) groups is 1. The van der Waals surface area contributed by atoms with Crippen LogP contribution in [0.4, 0.5) is 0 Å². The summed E-state index contributed by atoms with van der Waals surface area (Å²) in [6, 6.07) is 0. The lowest BCUT2D eigenvalue weighted by molar-refractivity contribution is -0.133. The van der Waals surface area contributed by atoms with Gasteiger partial charge in [-0.25, -0.2) is 4.98 Å². The molecule has 2 heterocycles. The lowest BCUT2D eigenvalue weighted by Gasteiger charge is -2.34. The second-order valence-electron chi connectivity index (χ2n) is 5.64. The van der Waals surface area contributed by atoms with E-state index in [-0.39, 0.29) is 0 Å². The molecule has 0 aliphatic carbocycles. The summed E-state index contributed by atoms with van der Waals surface area (Å²) in [5, 5.41) is 3.28. The number of piperazine rings is 1. The molecule has 0 spiro atoms. The number of amides is 1. The van der Waals surface area contributed by atoms with Crippen molar-refractivity contribution in [2.75, 3.05) is 26.2 Å². The molecule has 0 atom stereocenters. The van der Waals surface area contributed by atoms with E-state index in [1.807, 2.05) is 11.8 Å². The molecule has 5 heteroatoms. The van der Waals surface area contributed by atoms with Crippen molar-refractivity contribution in [3.05, 3.63) is 16.1 Å². The van der Waals surface area contributed by atoms with Crippen molar-refractivity contribution in [3.8, 4) is 0 Å². The predicted octanol–water partition coefficient (Wildman–Crippen LogP) is 2.14. The van der Waals surface area contributed by atoms with Crippen LogP contribution in [0.2, 0.25) is 0 Å². The molecule has 19 heavy (non-hydrogen) atoms. The van der Waals surface area contributed by atoms with Gasteiger partial charge in [0.15, 0.2) is 0 Å². The van der Waals surface area contributed by atoms with Crippen LogP contribution in [0.15, 0.2) is 5.38 Å². The van der Waals surface area contributed by atoms with Crippen molar-refractivity contribution < 1.29 is 4.79 Å². The van der Waals surface area contributed by atoms with Crippen molar-refractivity contribution in [1.29, 1.82) is 0 Å². The number of rotatable bonds is 4. The Hall–Kier alpha value is -0.940. The third kappa shape index (κ3) is 4.28. The van der Waals surface area contributed by atoms with Crippen LogP contribution < -0.4 is 0 Å². The van der Waals surface area contributed by atoms with Gasteiger partial charge in [-0.15, -0.1) is 11.3 Å². The molecule has 2 rings (SSSR count). The monoisotopic (exact) mass is 281 g/mol. The fraction of sp³-hybridized carbons (Fsp3) is 0.714. The van der Waals surface area contributed by atoms with Gasteiger partial charge in [-0.1, -0.05) is 13.8 Å². The predicted molar refractivity (Wildman–Crippen MR) is 78.2 cm³/mol. The maximum atomic E-state index is 12.0. The van der Waals surface area contributed by atoms with E-state index >= 15 is 0 Å². The molecule has 0 bridgehead atoms. The quantitative estimate of drug-likeness (QED) is 0.848. The van der Waals surface area contributed by atoms with E-state index in [1.165, 1.54) is 5.01 Å². The van der Waals surface area contributed by atoms with Crippen LogP contribution in [0.5, 0.6) is 0 Å². The first-order chi connectivity index (χ1) is 9.04. The first-order valence-corrected chi connectivity index (χ1v) is 7.83. The molecule has 1 aliphatic heterocycles. The van der Waals surface area contributed by atoms with Gasteiger partial charge in [0.05, 0.1) is 6.54 Å². The van der Waals surface area contributed by atoms with Gasteiger partial charge in [-0.05, 0) is 12.8 Å². The van der Waals surface area contributed by atoms with E-state index in [9.17, 15) is 4.79 Å². The van der Waals surface area contributed by atoms with Crippen LogP contribution in [0.3, 0.4) is 0 Å². The molecular weight excluding hydrogens is 258 g/mol. The number of hydrogen-bond acceptors (Lipinski definition) is 4.